The fourth-order valence-electron chi connectivity index (χ4n) is 1.16. The summed E-state index contributed by atoms with van der Waals surface area (Å²) in [6, 6.07) is 3.46. The summed E-state index contributed by atoms with van der Waals surface area (Å²) in [5.41, 5.74) is -0.266. The molecule has 0 aliphatic carbocycles. The molecular formula is C11H18N2O2S. The van der Waals surface area contributed by atoms with Gasteiger partial charge in [0.25, 0.3) is 0 Å². The molecule has 1 rings (SSSR count). The van der Waals surface area contributed by atoms with E-state index in [1.165, 1.54) is 11.3 Å². The number of nitrogens with one attached hydrogen (secondary N) is 2. The van der Waals surface area contributed by atoms with Crippen LogP contribution in [0.2, 0.25) is 0 Å². The Morgan fingerprint density at radius 1 is 1.56 bits per heavy atom. The molecule has 1 heterocycles. The van der Waals surface area contributed by atoms with Gasteiger partial charge in [-0.25, -0.2) is 4.79 Å². The molecule has 16 heavy (non-hydrogen) atoms. The van der Waals surface area contributed by atoms with Crippen LogP contribution in [0.15, 0.2) is 17.5 Å². The van der Waals surface area contributed by atoms with Gasteiger partial charge in [0.15, 0.2) is 0 Å². The first-order valence-electron chi connectivity index (χ1n) is 5.16. The monoisotopic (exact) mass is 242 g/mol. The number of urea groups is 1. The molecule has 1 aromatic rings. The number of carbonyl (C=O) groups excluding carboxylic acids is 1. The van der Waals surface area contributed by atoms with Gasteiger partial charge in [-0.2, -0.15) is 0 Å². The maximum Gasteiger partial charge on any atom is 0.315 e. The molecule has 0 bridgehead atoms. The highest BCUT2D eigenvalue weighted by atomic mass is 32.1. The maximum atomic E-state index is 11.4. The number of rotatable bonds is 3. The first-order chi connectivity index (χ1) is 7.38. The van der Waals surface area contributed by atoms with Gasteiger partial charge in [-0.3, -0.25) is 0 Å². The summed E-state index contributed by atoms with van der Waals surface area (Å²) in [4.78, 5) is 12.3. The predicted octanol–water partition coefficient (Wildman–Crippen LogP) is 1.88. The van der Waals surface area contributed by atoms with Crippen LogP contribution in [-0.2, 0) is 0 Å². The van der Waals surface area contributed by atoms with Crippen molar-refractivity contribution in [3.63, 3.8) is 0 Å². The van der Waals surface area contributed by atoms with Gasteiger partial charge in [-0.15, -0.1) is 11.3 Å². The van der Waals surface area contributed by atoms with Gasteiger partial charge in [-0.05, 0) is 32.2 Å². The van der Waals surface area contributed by atoms with Gasteiger partial charge in [0, 0.05) is 10.4 Å². The van der Waals surface area contributed by atoms with E-state index in [1.54, 1.807) is 0 Å². The zero-order valence-electron chi connectivity index (χ0n) is 9.78. The number of hydrogen-bond acceptors (Lipinski definition) is 3. The Bertz CT molecular complexity index is 330. The minimum Gasteiger partial charge on any atom is -0.386 e. The second kappa shape index (κ2) is 5.32. The Kier molecular flexibility index (Phi) is 4.32. The number of aliphatic hydroxyl groups is 1. The van der Waals surface area contributed by atoms with Crippen molar-refractivity contribution in [1.29, 1.82) is 0 Å². The van der Waals surface area contributed by atoms with E-state index < -0.39 is 6.10 Å². The van der Waals surface area contributed by atoms with Crippen molar-refractivity contribution >= 4 is 17.4 Å². The fraction of sp³-hybridized carbons (Fsp3) is 0.545. The highest BCUT2D eigenvalue weighted by Crippen LogP contribution is 2.17. The number of amides is 2. The molecule has 5 heteroatoms. The lowest BCUT2D eigenvalue weighted by molar-refractivity contribution is 0.175. The topological polar surface area (TPSA) is 61.4 Å². The lowest BCUT2D eigenvalue weighted by Crippen LogP contribution is -2.47. The zero-order chi connectivity index (χ0) is 12.2. The first kappa shape index (κ1) is 13.0. The summed E-state index contributed by atoms with van der Waals surface area (Å²) in [5, 5.41) is 17.0. The van der Waals surface area contributed by atoms with E-state index in [9.17, 15) is 9.90 Å². The molecule has 0 aliphatic heterocycles. The minimum atomic E-state index is -0.634. The largest absolute Gasteiger partial charge is 0.386 e. The van der Waals surface area contributed by atoms with Crippen LogP contribution in [0, 0.1) is 0 Å². The first-order valence-corrected chi connectivity index (χ1v) is 6.04. The molecule has 1 aromatic heterocycles. The molecule has 0 radical (unpaired) electrons. The van der Waals surface area contributed by atoms with E-state index in [0.29, 0.717) is 0 Å². The van der Waals surface area contributed by atoms with E-state index in [2.05, 4.69) is 10.6 Å². The number of aliphatic hydroxyl groups excluding tert-OH is 1. The average molecular weight is 242 g/mol. The van der Waals surface area contributed by atoms with E-state index in [-0.39, 0.29) is 18.1 Å². The van der Waals surface area contributed by atoms with Crippen molar-refractivity contribution in [2.75, 3.05) is 6.54 Å². The van der Waals surface area contributed by atoms with Crippen molar-refractivity contribution in [2.45, 2.75) is 32.4 Å². The third-order valence-electron chi connectivity index (χ3n) is 1.82. The van der Waals surface area contributed by atoms with Gasteiger partial charge < -0.3 is 15.7 Å². The number of thiophene rings is 1. The summed E-state index contributed by atoms with van der Waals surface area (Å²) in [7, 11) is 0. The van der Waals surface area contributed by atoms with E-state index in [0.717, 1.165) is 4.88 Å². The maximum absolute atomic E-state index is 11.4. The second-order valence-corrected chi connectivity index (χ2v) is 5.60. The van der Waals surface area contributed by atoms with Crippen molar-refractivity contribution in [3.05, 3.63) is 22.4 Å². The molecule has 4 nitrogen and oxygen atoms in total. The highest BCUT2D eigenvalue weighted by molar-refractivity contribution is 7.10. The molecule has 0 spiro atoms. The molecule has 0 saturated carbocycles. The zero-order valence-corrected chi connectivity index (χ0v) is 10.6. The Morgan fingerprint density at radius 3 is 2.75 bits per heavy atom. The Hall–Kier alpha value is -1.07. The lowest BCUT2D eigenvalue weighted by Gasteiger charge is -2.21. The van der Waals surface area contributed by atoms with Crippen molar-refractivity contribution in [3.8, 4) is 0 Å². The number of carbonyl (C=O) groups is 1. The highest BCUT2D eigenvalue weighted by Gasteiger charge is 2.15. The standard InChI is InChI=1S/C11H18N2O2S/c1-11(2,3)13-10(15)12-7-8(14)9-5-4-6-16-9/h4-6,8,14H,7H2,1-3H3,(H2,12,13,15). The Balaban J connectivity index is 2.32. The van der Waals surface area contributed by atoms with Crippen molar-refractivity contribution in [2.24, 2.45) is 0 Å². The molecule has 0 fully saturated rings. The summed E-state index contributed by atoms with van der Waals surface area (Å²) in [6.07, 6.45) is -0.634. The molecular weight excluding hydrogens is 224 g/mol. The molecule has 2 amide bonds. The van der Waals surface area contributed by atoms with Crippen LogP contribution in [0.1, 0.15) is 31.8 Å². The van der Waals surface area contributed by atoms with Crippen molar-refractivity contribution in [1.82, 2.24) is 10.6 Å². The van der Waals surface area contributed by atoms with Crippen LogP contribution >= 0.6 is 11.3 Å². The quantitative estimate of drug-likeness (QED) is 0.758. The molecule has 3 N–H and O–H groups in total. The van der Waals surface area contributed by atoms with Crippen LogP contribution in [0.25, 0.3) is 0 Å². The van der Waals surface area contributed by atoms with E-state index >= 15 is 0 Å². The van der Waals surface area contributed by atoms with E-state index in [1.807, 2.05) is 38.3 Å². The third kappa shape index (κ3) is 4.63. The average Bonchev–Trinajstić information content (AvgIpc) is 2.64. The molecule has 0 saturated heterocycles. The van der Waals surface area contributed by atoms with Gasteiger partial charge >= 0.3 is 6.03 Å². The van der Waals surface area contributed by atoms with Crippen molar-refractivity contribution < 1.29 is 9.90 Å². The Morgan fingerprint density at radius 2 is 2.25 bits per heavy atom. The van der Waals surface area contributed by atoms with Gasteiger partial charge in [0.1, 0.15) is 6.10 Å². The van der Waals surface area contributed by atoms with Crippen LogP contribution < -0.4 is 10.6 Å². The van der Waals surface area contributed by atoms with E-state index in [4.69, 9.17) is 0 Å². The molecule has 1 unspecified atom stereocenters. The second-order valence-electron chi connectivity index (χ2n) is 4.62. The fourth-order valence-corrected chi connectivity index (χ4v) is 1.87. The molecule has 0 aliphatic rings. The molecule has 1 atom stereocenters. The van der Waals surface area contributed by atoms with Gasteiger partial charge in [-0.1, -0.05) is 6.07 Å². The smallest absolute Gasteiger partial charge is 0.315 e. The summed E-state index contributed by atoms with van der Waals surface area (Å²) >= 11 is 1.47. The lowest BCUT2D eigenvalue weighted by atomic mass is 10.1. The van der Waals surface area contributed by atoms with Crippen LogP contribution in [0.5, 0.6) is 0 Å². The summed E-state index contributed by atoms with van der Waals surface area (Å²) in [5.74, 6) is 0. The molecule has 0 aromatic carbocycles. The minimum absolute atomic E-state index is 0.225. The SMILES string of the molecule is CC(C)(C)NC(=O)NCC(O)c1cccs1. The van der Waals surface area contributed by atoms with Gasteiger partial charge in [0.2, 0.25) is 0 Å². The van der Waals surface area contributed by atoms with Gasteiger partial charge in [0.05, 0.1) is 6.54 Å². The predicted molar refractivity (Wildman–Crippen MR) is 65.6 cm³/mol. The van der Waals surface area contributed by atoms with Crippen LogP contribution in [0.3, 0.4) is 0 Å². The van der Waals surface area contributed by atoms with Crippen LogP contribution in [0.4, 0.5) is 4.79 Å². The normalized spacial score (nSPS) is 13.2. The summed E-state index contributed by atoms with van der Waals surface area (Å²) < 4.78 is 0. The Labute approximate surface area is 99.7 Å². The molecule has 90 valence electrons. The van der Waals surface area contributed by atoms with Crippen LogP contribution in [-0.4, -0.2) is 23.2 Å². The summed E-state index contributed by atoms with van der Waals surface area (Å²) in [6.45, 7) is 5.94. The third-order valence-corrected chi connectivity index (χ3v) is 2.79. The number of hydrogen-bond donors (Lipinski definition) is 3.